The Labute approximate surface area is 130 Å². The molecule has 4 aliphatic carbocycles. The molecule has 0 radical (unpaired) electrons. The van der Waals surface area contributed by atoms with E-state index in [0.29, 0.717) is 12.5 Å². The molecule has 4 bridgehead atoms. The summed E-state index contributed by atoms with van der Waals surface area (Å²) in [4.78, 5) is 18.5. The largest absolute Gasteiger partial charge is 0.351 e. The molecule has 4 fully saturated rings. The third-order valence-corrected chi connectivity index (χ3v) is 7.00. The van der Waals surface area contributed by atoms with Crippen molar-refractivity contribution in [1.29, 1.82) is 0 Å². The van der Waals surface area contributed by atoms with Gasteiger partial charge >= 0.3 is 0 Å². The average molecular weight is 304 g/mol. The lowest BCUT2D eigenvalue weighted by Gasteiger charge is -2.55. The zero-order valence-electron chi connectivity index (χ0n) is 12.9. The zero-order valence-corrected chi connectivity index (χ0v) is 13.8. The summed E-state index contributed by atoms with van der Waals surface area (Å²) in [6.07, 6.45) is 7.60. The first-order chi connectivity index (χ1) is 10.0. The minimum Gasteiger partial charge on any atom is -0.351 e. The fourth-order valence-corrected chi connectivity index (χ4v) is 6.35. The van der Waals surface area contributed by atoms with Crippen molar-refractivity contribution in [2.75, 3.05) is 0 Å². The molecule has 1 aromatic heterocycles. The van der Waals surface area contributed by atoms with E-state index in [0.717, 1.165) is 47.7 Å². The van der Waals surface area contributed by atoms with Gasteiger partial charge in [-0.15, -0.1) is 11.3 Å². The monoisotopic (exact) mass is 304 g/mol. The standard InChI is InChI=1S/C17H24N2OS/c1-10-15(21-11(2)19-10)9-18-16(20)17-6-12-3-13(7-17)5-14(4-12)8-17/h12-14H,3-9H2,1-2H3,(H,18,20). The zero-order chi connectivity index (χ0) is 14.6. The Morgan fingerprint density at radius 1 is 1.19 bits per heavy atom. The second kappa shape index (κ2) is 4.80. The van der Waals surface area contributed by atoms with Gasteiger partial charge < -0.3 is 5.32 Å². The van der Waals surface area contributed by atoms with Crippen LogP contribution in [0.2, 0.25) is 0 Å². The topological polar surface area (TPSA) is 42.0 Å². The average Bonchev–Trinajstić information content (AvgIpc) is 2.72. The van der Waals surface area contributed by atoms with Gasteiger partial charge in [0.25, 0.3) is 0 Å². The van der Waals surface area contributed by atoms with Crippen molar-refractivity contribution in [2.24, 2.45) is 23.2 Å². The molecule has 5 rings (SSSR count). The van der Waals surface area contributed by atoms with E-state index >= 15 is 0 Å². The van der Waals surface area contributed by atoms with Crippen LogP contribution in [0.4, 0.5) is 0 Å². The van der Waals surface area contributed by atoms with Crippen molar-refractivity contribution in [3.8, 4) is 0 Å². The van der Waals surface area contributed by atoms with Gasteiger partial charge in [-0.25, -0.2) is 4.98 Å². The molecule has 0 atom stereocenters. The third-order valence-electron chi connectivity index (χ3n) is 5.93. The number of hydrogen-bond acceptors (Lipinski definition) is 3. The summed E-state index contributed by atoms with van der Waals surface area (Å²) < 4.78 is 0. The molecule has 0 aliphatic heterocycles. The smallest absolute Gasteiger partial charge is 0.226 e. The van der Waals surface area contributed by atoms with Gasteiger partial charge in [0, 0.05) is 10.3 Å². The molecule has 1 amide bonds. The quantitative estimate of drug-likeness (QED) is 0.927. The maximum atomic E-state index is 12.9. The molecule has 4 saturated carbocycles. The van der Waals surface area contributed by atoms with Crippen LogP contribution in [-0.4, -0.2) is 10.9 Å². The summed E-state index contributed by atoms with van der Waals surface area (Å²) >= 11 is 1.71. The first kappa shape index (κ1) is 13.7. The summed E-state index contributed by atoms with van der Waals surface area (Å²) in [5.41, 5.74) is 1.05. The lowest BCUT2D eigenvalue weighted by atomic mass is 9.49. The molecule has 4 heteroatoms. The highest BCUT2D eigenvalue weighted by molar-refractivity contribution is 7.11. The van der Waals surface area contributed by atoms with Crippen molar-refractivity contribution in [2.45, 2.75) is 58.9 Å². The molecule has 114 valence electrons. The van der Waals surface area contributed by atoms with Crippen LogP contribution in [0, 0.1) is 37.0 Å². The highest BCUT2D eigenvalue weighted by Crippen LogP contribution is 2.60. The molecular weight excluding hydrogens is 280 g/mol. The summed E-state index contributed by atoms with van der Waals surface area (Å²) in [5, 5.41) is 4.33. The Morgan fingerprint density at radius 2 is 1.76 bits per heavy atom. The van der Waals surface area contributed by atoms with Crippen LogP contribution in [-0.2, 0) is 11.3 Å². The molecule has 1 N–H and O–H groups in total. The molecule has 3 nitrogen and oxygen atoms in total. The minimum absolute atomic E-state index is 0.0254. The SMILES string of the molecule is Cc1nc(C)c(CNC(=O)C23CC4CC(CC(C4)C2)C3)s1. The van der Waals surface area contributed by atoms with Crippen LogP contribution in [0.1, 0.15) is 54.1 Å². The van der Waals surface area contributed by atoms with Gasteiger partial charge in [0.05, 0.1) is 17.2 Å². The van der Waals surface area contributed by atoms with E-state index < -0.39 is 0 Å². The van der Waals surface area contributed by atoms with E-state index in [4.69, 9.17) is 0 Å². The van der Waals surface area contributed by atoms with Gasteiger partial charge in [-0.05, 0) is 70.1 Å². The van der Waals surface area contributed by atoms with Crippen LogP contribution >= 0.6 is 11.3 Å². The van der Waals surface area contributed by atoms with Gasteiger partial charge in [0.2, 0.25) is 5.91 Å². The Morgan fingerprint density at radius 3 is 2.24 bits per heavy atom. The van der Waals surface area contributed by atoms with Crippen LogP contribution in [0.25, 0.3) is 0 Å². The number of nitrogens with one attached hydrogen (secondary N) is 1. The fraction of sp³-hybridized carbons (Fsp3) is 0.765. The predicted octanol–water partition coefficient (Wildman–Crippen LogP) is 3.59. The highest BCUT2D eigenvalue weighted by Gasteiger charge is 2.54. The van der Waals surface area contributed by atoms with Gasteiger partial charge in [0.15, 0.2) is 0 Å². The third kappa shape index (κ3) is 2.32. The fourth-order valence-electron chi connectivity index (χ4n) is 5.47. The summed E-state index contributed by atoms with van der Waals surface area (Å²) in [7, 11) is 0. The molecule has 0 spiro atoms. The lowest BCUT2D eigenvalue weighted by molar-refractivity contribution is -0.146. The van der Waals surface area contributed by atoms with E-state index in [1.165, 1.54) is 24.1 Å². The van der Waals surface area contributed by atoms with Gasteiger partial charge in [0.1, 0.15) is 0 Å². The predicted molar refractivity (Wildman–Crippen MR) is 84.0 cm³/mol. The van der Waals surface area contributed by atoms with Crippen molar-refractivity contribution in [3.05, 3.63) is 15.6 Å². The first-order valence-electron chi connectivity index (χ1n) is 8.25. The second-order valence-corrected chi connectivity index (χ2v) is 8.91. The number of aromatic nitrogens is 1. The van der Waals surface area contributed by atoms with Crippen molar-refractivity contribution < 1.29 is 4.79 Å². The Balaban J connectivity index is 1.46. The number of aryl methyl sites for hydroxylation is 2. The van der Waals surface area contributed by atoms with E-state index in [2.05, 4.69) is 10.3 Å². The summed E-state index contributed by atoms with van der Waals surface area (Å²) in [5.74, 6) is 2.81. The summed E-state index contributed by atoms with van der Waals surface area (Å²) in [6, 6.07) is 0. The lowest BCUT2D eigenvalue weighted by Crippen LogP contribution is -2.53. The van der Waals surface area contributed by atoms with E-state index in [1.807, 2.05) is 13.8 Å². The van der Waals surface area contributed by atoms with Gasteiger partial charge in [-0.3, -0.25) is 4.79 Å². The minimum atomic E-state index is -0.0254. The van der Waals surface area contributed by atoms with Gasteiger partial charge in [-0.1, -0.05) is 0 Å². The molecular formula is C17H24N2OS. The molecule has 1 heterocycles. The maximum absolute atomic E-state index is 12.9. The van der Waals surface area contributed by atoms with Crippen molar-refractivity contribution >= 4 is 17.2 Å². The molecule has 1 aromatic rings. The van der Waals surface area contributed by atoms with Crippen LogP contribution < -0.4 is 5.32 Å². The molecule has 21 heavy (non-hydrogen) atoms. The highest BCUT2D eigenvalue weighted by atomic mass is 32.1. The van der Waals surface area contributed by atoms with Crippen molar-refractivity contribution in [3.63, 3.8) is 0 Å². The Hall–Kier alpha value is -0.900. The second-order valence-electron chi connectivity index (χ2n) is 7.62. The van der Waals surface area contributed by atoms with Gasteiger partial charge in [-0.2, -0.15) is 0 Å². The van der Waals surface area contributed by atoms with E-state index in [-0.39, 0.29) is 5.41 Å². The van der Waals surface area contributed by atoms with Crippen LogP contribution in [0.3, 0.4) is 0 Å². The normalized spacial score (nSPS) is 37.0. The van der Waals surface area contributed by atoms with Crippen molar-refractivity contribution in [1.82, 2.24) is 10.3 Å². The first-order valence-corrected chi connectivity index (χ1v) is 9.07. The number of carbonyl (C=O) groups excluding carboxylic acids is 1. The van der Waals surface area contributed by atoms with E-state index in [9.17, 15) is 4.79 Å². The summed E-state index contributed by atoms with van der Waals surface area (Å²) in [6.45, 7) is 4.73. The number of hydrogen-bond donors (Lipinski definition) is 1. The maximum Gasteiger partial charge on any atom is 0.226 e. The number of amides is 1. The number of thiazole rings is 1. The Kier molecular flexibility index (Phi) is 3.14. The van der Waals surface area contributed by atoms with Crippen LogP contribution in [0.5, 0.6) is 0 Å². The van der Waals surface area contributed by atoms with Crippen LogP contribution in [0.15, 0.2) is 0 Å². The molecule has 0 saturated heterocycles. The number of carbonyl (C=O) groups is 1. The van der Waals surface area contributed by atoms with E-state index in [1.54, 1.807) is 11.3 Å². The molecule has 4 aliphatic rings. The number of rotatable bonds is 3. The molecule has 0 aromatic carbocycles. The molecule has 0 unspecified atom stereocenters. The Bertz CT molecular complexity index is 542. The number of nitrogens with zero attached hydrogens (tertiary/aromatic N) is 1.